The standard InChI is InChI=1S/C16H24O3/c1-2-11(6-12-5-10(1)12)15-17-8-16(9-18-15)4-3-13-14(7-16)19-13/h10-15H,1-9H2. The largest absolute Gasteiger partial charge is 0.370 e. The minimum atomic E-state index is 0.102. The van der Waals surface area contributed by atoms with Crippen LogP contribution in [-0.2, 0) is 14.2 Å². The predicted molar refractivity (Wildman–Crippen MR) is 69.6 cm³/mol. The van der Waals surface area contributed by atoms with Gasteiger partial charge in [0.15, 0.2) is 6.29 Å². The zero-order chi connectivity index (χ0) is 12.4. The van der Waals surface area contributed by atoms with Crippen LogP contribution in [0.5, 0.6) is 0 Å². The summed E-state index contributed by atoms with van der Waals surface area (Å²) in [6.45, 7) is 1.82. The van der Waals surface area contributed by atoms with E-state index in [-0.39, 0.29) is 11.7 Å². The maximum absolute atomic E-state index is 6.17. The molecule has 3 saturated carbocycles. The second kappa shape index (κ2) is 3.96. The van der Waals surface area contributed by atoms with Gasteiger partial charge in [0, 0.05) is 11.3 Å². The van der Waals surface area contributed by atoms with Crippen LogP contribution in [0.1, 0.15) is 44.9 Å². The van der Waals surface area contributed by atoms with E-state index in [0.29, 0.717) is 18.1 Å². The van der Waals surface area contributed by atoms with Crippen LogP contribution in [-0.4, -0.2) is 31.7 Å². The molecule has 0 N–H and O–H groups in total. The molecule has 5 unspecified atom stereocenters. The highest BCUT2D eigenvalue weighted by atomic mass is 16.7. The molecule has 106 valence electrons. The first-order chi connectivity index (χ1) is 9.31. The SMILES string of the molecule is C1CC(C2OCC3(CCC4OC4C3)CO2)CC2CC12. The molecule has 1 spiro atoms. The lowest BCUT2D eigenvalue weighted by atomic mass is 9.74. The van der Waals surface area contributed by atoms with E-state index in [4.69, 9.17) is 14.2 Å². The van der Waals surface area contributed by atoms with Gasteiger partial charge in [0.1, 0.15) is 0 Å². The topological polar surface area (TPSA) is 31.0 Å². The molecule has 0 aromatic rings. The lowest BCUT2D eigenvalue weighted by Crippen LogP contribution is -2.47. The highest BCUT2D eigenvalue weighted by Crippen LogP contribution is 2.54. The third kappa shape index (κ3) is 1.97. The molecular formula is C16H24O3. The highest BCUT2D eigenvalue weighted by Gasteiger charge is 2.53. The first-order valence-electron chi connectivity index (χ1n) is 8.20. The fourth-order valence-corrected chi connectivity index (χ4v) is 4.87. The fourth-order valence-electron chi connectivity index (χ4n) is 4.87. The Labute approximate surface area is 115 Å². The van der Waals surface area contributed by atoms with Gasteiger partial charge in [-0.1, -0.05) is 0 Å². The van der Waals surface area contributed by atoms with Gasteiger partial charge in [-0.25, -0.2) is 0 Å². The second-order valence-corrected chi connectivity index (χ2v) is 7.78. The molecule has 19 heavy (non-hydrogen) atoms. The molecule has 0 aromatic carbocycles. The van der Waals surface area contributed by atoms with Crippen molar-refractivity contribution >= 4 is 0 Å². The molecule has 3 heteroatoms. The van der Waals surface area contributed by atoms with E-state index in [9.17, 15) is 0 Å². The van der Waals surface area contributed by atoms with E-state index >= 15 is 0 Å². The Morgan fingerprint density at radius 1 is 0.789 bits per heavy atom. The van der Waals surface area contributed by atoms with Gasteiger partial charge in [-0.2, -0.15) is 0 Å². The molecular weight excluding hydrogens is 240 g/mol. The predicted octanol–water partition coefficient (Wildman–Crippen LogP) is 2.73. The van der Waals surface area contributed by atoms with E-state index in [2.05, 4.69) is 0 Å². The van der Waals surface area contributed by atoms with E-state index < -0.39 is 0 Å². The van der Waals surface area contributed by atoms with E-state index in [1.165, 1.54) is 44.9 Å². The smallest absolute Gasteiger partial charge is 0.160 e. The maximum Gasteiger partial charge on any atom is 0.160 e. The van der Waals surface area contributed by atoms with Crippen LogP contribution in [0.15, 0.2) is 0 Å². The summed E-state index contributed by atoms with van der Waals surface area (Å²) in [7, 11) is 0. The number of fused-ring (bicyclic) bond motifs is 2. The summed E-state index contributed by atoms with van der Waals surface area (Å²) < 4.78 is 18.0. The summed E-state index contributed by atoms with van der Waals surface area (Å²) in [5, 5.41) is 0. The Bertz CT molecular complexity index is 374. The van der Waals surface area contributed by atoms with Gasteiger partial charge in [0.05, 0.1) is 25.4 Å². The fraction of sp³-hybridized carbons (Fsp3) is 1.00. The van der Waals surface area contributed by atoms with Crippen molar-refractivity contribution in [2.24, 2.45) is 23.2 Å². The Kier molecular flexibility index (Phi) is 2.40. The van der Waals surface area contributed by atoms with Gasteiger partial charge in [-0.05, 0) is 56.8 Å². The molecule has 3 aliphatic carbocycles. The molecule has 5 atom stereocenters. The molecule has 0 aromatic heterocycles. The van der Waals surface area contributed by atoms with Crippen molar-refractivity contribution in [3.63, 3.8) is 0 Å². The minimum absolute atomic E-state index is 0.102. The van der Waals surface area contributed by atoms with E-state index in [1.807, 2.05) is 0 Å². The average molecular weight is 264 g/mol. The Morgan fingerprint density at radius 3 is 2.37 bits per heavy atom. The first kappa shape index (κ1) is 11.5. The summed E-state index contributed by atoms with van der Waals surface area (Å²) in [4.78, 5) is 0. The van der Waals surface area contributed by atoms with Crippen LogP contribution in [0.25, 0.3) is 0 Å². The summed E-state index contributed by atoms with van der Waals surface area (Å²) in [6, 6.07) is 0. The molecule has 3 nitrogen and oxygen atoms in total. The Balaban J connectivity index is 1.21. The minimum Gasteiger partial charge on any atom is -0.370 e. The summed E-state index contributed by atoms with van der Waals surface area (Å²) in [6.07, 6.45) is 10.4. The van der Waals surface area contributed by atoms with Crippen molar-refractivity contribution in [2.45, 2.75) is 63.4 Å². The molecule has 5 rings (SSSR count). The first-order valence-corrected chi connectivity index (χ1v) is 8.20. The molecule has 0 radical (unpaired) electrons. The van der Waals surface area contributed by atoms with Gasteiger partial charge in [-0.15, -0.1) is 0 Å². The van der Waals surface area contributed by atoms with Crippen molar-refractivity contribution in [1.82, 2.24) is 0 Å². The number of epoxide rings is 1. The number of hydrogen-bond acceptors (Lipinski definition) is 3. The van der Waals surface area contributed by atoms with Gasteiger partial charge < -0.3 is 14.2 Å². The normalized spacial score (nSPS) is 59.4. The molecule has 2 aliphatic heterocycles. The zero-order valence-electron chi connectivity index (χ0n) is 11.6. The van der Waals surface area contributed by atoms with Crippen molar-refractivity contribution in [3.8, 4) is 0 Å². The van der Waals surface area contributed by atoms with Gasteiger partial charge >= 0.3 is 0 Å². The van der Waals surface area contributed by atoms with E-state index in [0.717, 1.165) is 25.0 Å². The Hall–Kier alpha value is -0.120. The summed E-state index contributed by atoms with van der Waals surface area (Å²) >= 11 is 0. The number of ether oxygens (including phenoxy) is 3. The summed E-state index contributed by atoms with van der Waals surface area (Å²) in [5.41, 5.74) is 0.283. The quantitative estimate of drug-likeness (QED) is 0.682. The van der Waals surface area contributed by atoms with Crippen LogP contribution in [0.4, 0.5) is 0 Å². The van der Waals surface area contributed by atoms with Gasteiger partial charge in [0.2, 0.25) is 0 Å². The third-order valence-corrected chi connectivity index (χ3v) is 6.36. The van der Waals surface area contributed by atoms with Crippen LogP contribution in [0.3, 0.4) is 0 Å². The van der Waals surface area contributed by atoms with Crippen molar-refractivity contribution < 1.29 is 14.2 Å². The average Bonchev–Trinajstić information content (AvgIpc) is 3.33. The highest BCUT2D eigenvalue weighted by molar-refractivity contribution is 5.00. The van der Waals surface area contributed by atoms with Gasteiger partial charge in [0.25, 0.3) is 0 Å². The van der Waals surface area contributed by atoms with Crippen LogP contribution in [0.2, 0.25) is 0 Å². The van der Waals surface area contributed by atoms with Crippen LogP contribution in [0, 0.1) is 23.2 Å². The maximum atomic E-state index is 6.17. The monoisotopic (exact) mass is 264 g/mol. The van der Waals surface area contributed by atoms with Crippen LogP contribution < -0.4 is 0 Å². The zero-order valence-corrected chi connectivity index (χ0v) is 11.6. The van der Waals surface area contributed by atoms with Crippen molar-refractivity contribution in [2.75, 3.05) is 13.2 Å². The molecule has 2 heterocycles. The molecule has 0 bridgehead atoms. The van der Waals surface area contributed by atoms with Crippen LogP contribution >= 0.6 is 0 Å². The molecule has 5 fully saturated rings. The molecule has 2 saturated heterocycles. The lowest BCUT2D eigenvalue weighted by Gasteiger charge is -2.43. The Morgan fingerprint density at radius 2 is 1.58 bits per heavy atom. The molecule has 0 amide bonds. The lowest BCUT2D eigenvalue weighted by molar-refractivity contribution is -0.258. The van der Waals surface area contributed by atoms with Gasteiger partial charge in [-0.3, -0.25) is 0 Å². The summed E-state index contributed by atoms with van der Waals surface area (Å²) in [5.74, 6) is 2.75. The number of rotatable bonds is 1. The number of hydrogen-bond donors (Lipinski definition) is 0. The third-order valence-electron chi connectivity index (χ3n) is 6.36. The molecule has 5 aliphatic rings. The van der Waals surface area contributed by atoms with Crippen molar-refractivity contribution in [1.29, 1.82) is 0 Å². The second-order valence-electron chi connectivity index (χ2n) is 7.78. The van der Waals surface area contributed by atoms with E-state index in [1.54, 1.807) is 0 Å². The van der Waals surface area contributed by atoms with Crippen molar-refractivity contribution in [3.05, 3.63) is 0 Å².